The Balaban J connectivity index is 4.30. The van der Waals surface area contributed by atoms with E-state index in [1.807, 2.05) is 20.8 Å². The average molecular weight is 230 g/mol. The van der Waals surface area contributed by atoms with Crippen molar-refractivity contribution in [1.82, 2.24) is 0 Å². The van der Waals surface area contributed by atoms with Gasteiger partial charge in [0.2, 0.25) is 5.60 Å². The Morgan fingerprint density at radius 1 is 1.06 bits per heavy atom. The van der Waals surface area contributed by atoms with Crippen molar-refractivity contribution in [2.24, 2.45) is 5.41 Å². The number of carbonyl (C=O) groups excluding carboxylic acids is 2. The highest BCUT2D eigenvalue weighted by molar-refractivity contribution is 5.82. The predicted octanol–water partition coefficient (Wildman–Crippen LogP) is 2.31. The van der Waals surface area contributed by atoms with Gasteiger partial charge in [-0.2, -0.15) is 0 Å². The zero-order valence-corrected chi connectivity index (χ0v) is 11.0. The van der Waals surface area contributed by atoms with E-state index in [-0.39, 0.29) is 11.8 Å². The highest BCUT2D eigenvalue weighted by atomic mass is 16.6. The third-order valence-electron chi connectivity index (χ3n) is 1.79. The van der Waals surface area contributed by atoms with E-state index >= 15 is 0 Å². The monoisotopic (exact) mass is 230 g/mol. The molecule has 0 rings (SSSR count). The van der Waals surface area contributed by atoms with Crippen LogP contribution in [0.4, 0.5) is 0 Å². The van der Waals surface area contributed by atoms with E-state index < -0.39 is 17.5 Å². The first-order valence-corrected chi connectivity index (χ1v) is 5.47. The lowest BCUT2D eigenvalue weighted by molar-refractivity contribution is -0.180. The maximum absolute atomic E-state index is 11.7. The van der Waals surface area contributed by atoms with Crippen molar-refractivity contribution in [3.63, 3.8) is 0 Å². The summed E-state index contributed by atoms with van der Waals surface area (Å²) in [6.07, 6.45) is 0.246. The van der Waals surface area contributed by atoms with Crippen LogP contribution in [0.25, 0.3) is 0 Å². The topological polar surface area (TPSA) is 52.6 Å². The first-order valence-electron chi connectivity index (χ1n) is 5.47. The smallest absolute Gasteiger partial charge is 0.350 e. The minimum absolute atomic E-state index is 0.0967. The van der Waals surface area contributed by atoms with Crippen LogP contribution in [-0.4, -0.2) is 24.1 Å². The molecule has 4 heteroatoms. The molecule has 0 aliphatic carbocycles. The number of rotatable bonds is 4. The maximum atomic E-state index is 11.7. The van der Waals surface area contributed by atoms with Gasteiger partial charge in [-0.1, -0.05) is 27.7 Å². The molecule has 0 N–H and O–H groups in total. The Bertz CT molecular complexity index is 261. The molecule has 0 radical (unpaired) electrons. The number of ether oxygens (including phenoxy) is 2. The van der Waals surface area contributed by atoms with E-state index in [2.05, 4.69) is 0 Å². The molecule has 0 saturated heterocycles. The van der Waals surface area contributed by atoms with Crippen LogP contribution in [-0.2, 0) is 19.1 Å². The lowest BCUT2D eigenvalue weighted by atomic mass is 9.98. The van der Waals surface area contributed by atoms with Crippen molar-refractivity contribution in [2.75, 3.05) is 6.61 Å². The second-order valence-electron chi connectivity index (χ2n) is 5.47. The second kappa shape index (κ2) is 5.32. The first kappa shape index (κ1) is 14.9. The molecule has 0 aromatic carbocycles. The minimum atomic E-state index is -1.21. The molecule has 0 fully saturated rings. The zero-order valence-electron chi connectivity index (χ0n) is 11.0. The van der Waals surface area contributed by atoms with E-state index in [4.69, 9.17) is 9.47 Å². The molecule has 0 bridgehead atoms. The fourth-order valence-electron chi connectivity index (χ4n) is 0.854. The van der Waals surface area contributed by atoms with Crippen LogP contribution in [0.2, 0.25) is 0 Å². The van der Waals surface area contributed by atoms with Crippen molar-refractivity contribution in [3.05, 3.63) is 0 Å². The second-order valence-corrected chi connectivity index (χ2v) is 5.47. The Hall–Kier alpha value is -1.06. The molecule has 94 valence electrons. The minimum Gasteiger partial charge on any atom is -0.462 e. The zero-order chi connectivity index (χ0) is 13.0. The highest BCUT2D eigenvalue weighted by Gasteiger charge is 2.34. The standard InChI is InChI=1S/C12H22O4/c1-7-9(13)16-12(5,6)10(14)15-8-11(2,3)4/h7-8H2,1-6H3. The van der Waals surface area contributed by atoms with Gasteiger partial charge >= 0.3 is 11.9 Å². The Kier molecular flexibility index (Phi) is 4.97. The summed E-state index contributed by atoms with van der Waals surface area (Å²) >= 11 is 0. The molecular formula is C12H22O4. The molecule has 0 amide bonds. The molecule has 0 saturated carbocycles. The van der Waals surface area contributed by atoms with E-state index in [9.17, 15) is 9.59 Å². The molecular weight excluding hydrogens is 208 g/mol. The summed E-state index contributed by atoms with van der Waals surface area (Å²) < 4.78 is 10.1. The van der Waals surface area contributed by atoms with Crippen molar-refractivity contribution in [3.8, 4) is 0 Å². The van der Waals surface area contributed by atoms with Gasteiger partial charge in [-0.25, -0.2) is 4.79 Å². The van der Waals surface area contributed by atoms with E-state index in [0.717, 1.165) is 0 Å². The Labute approximate surface area is 97.3 Å². The molecule has 4 nitrogen and oxygen atoms in total. The quantitative estimate of drug-likeness (QED) is 0.695. The largest absolute Gasteiger partial charge is 0.462 e. The summed E-state index contributed by atoms with van der Waals surface area (Å²) in [7, 11) is 0. The van der Waals surface area contributed by atoms with Crippen molar-refractivity contribution < 1.29 is 19.1 Å². The van der Waals surface area contributed by atoms with Crippen LogP contribution in [0, 0.1) is 5.41 Å². The highest BCUT2D eigenvalue weighted by Crippen LogP contribution is 2.17. The van der Waals surface area contributed by atoms with Crippen LogP contribution in [0.15, 0.2) is 0 Å². The van der Waals surface area contributed by atoms with E-state index in [1.54, 1.807) is 6.92 Å². The van der Waals surface area contributed by atoms with Crippen molar-refractivity contribution >= 4 is 11.9 Å². The van der Waals surface area contributed by atoms with Gasteiger partial charge in [-0.15, -0.1) is 0 Å². The third-order valence-corrected chi connectivity index (χ3v) is 1.79. The van der Waals surface area contributed by atoms with Crippen LogP contribution < -0.4 is 0 Å². The van der Waals surface area contributed by atoms with Crippen LogP contribution in [0.5, 0.6) is 0 Å². The van der Waals surface area contributed by atoms with Gasteiger partial charge in [-0.3, -0.25) is 4.79 Å². The molecule has 0 unspecified atom stereocenters. The lowest BCUT2D eigenvalue weighted by Crippen LogP contribution is -2.39. The fraction of sp³-hybridized carbons (Fsp3) is 0.833. The predicted molar refractivity (Wildman–Crippen MR) is 60.9 cm³/mol. The Morgan fingerprint density at radius 2 is 1.56 bits per heavy atom. The molecule has 16 heavy (non-hydrogen) atoms. The maximum Gasteiger partial charge on any atom is 0.350 e. The molecule has 0 spiro atoms. The molecule has 0 aromatic rings. The summed E-state index contributed by atoms with van der Waals surface area (Å²) in [6, 6.07) is 0. The van der Waals surface area contributed by atoms with Crippen LogP contribution >= 0.6 is 0 Å². The van der Waals surface area contributed by atoms with Gasteiger partial charge in [0.15, 0.2) is 0 Å². The van der Waals surface area contributed by atoms with Crippen LogP contribution in [0.3, 0.4) is 0 Å². The fourth-order valence-corrected chi connectivity index (χ4v) is 0.854. The van der Waals surface area contributed by atoms with E-state index in [1.165, 1.54) is 13.8 Å². The van der Waals surface area contributed by atoms with Gasteiger partial charge in [0, 0.05) is 6.42 Å². The third kappa shape index (κ3) is 5.73. The number of hydrogen-bond donors (Lipinski definition) is 0. The summed E-state index contributed by atoms with van der Waals surface area (Å²) in [4.78, 5) is 22.8. The summed E-state index contributed by atoms with van der Waals surface area (Å²) in [5.74, 6) is -0.915. The van der Waals surface area contributed by atoms with Crippen LogP contribution in [0.1, 0.15) is 48.0 Å². The normalized spacial score (nSPS) is 12.1. The number of hydrogen-bond acceptors (Lipinski definition) is 4. The summed E-state index contributed by atoms with van der Waals surface area (Å²) in [5.41, 5.74) is -1.31. The lowest BCUT2D eigenvalue weighted by Gasteiger charge is -2.25. The van der Waals surface area contributed by atoms with Gasteiger partial charge in [0.05, 0.1) is 6.61 Å². The molecule has 0 atom stereocenters. The van der Waals surface area contributed by atoms with Gasteiger partial charge in [-0.05, 0) is 19.3 Å². The van der Waals surface area contributed by atoms with Gasteiger partial charge < -0.3 is 9.47 Å². The average Bonchev–Trinajstić information content (AvgIpc) is 2.11. The molecule has 0 aliphatic heterocycles. The summed E-state index contributed by atoms with van der Waals surface area (Å²) in [5, 5.41) is 0. The first-order chi connectivity index (χ1) is 7.08. The van der Waals surface area contributed by atoms with Crippen molar-refractivity contribution in [2.45, 2.75) is 53.6 Å². The molecule has 0 heterocycles. The van der Waals surface area contributed by atoms with Crippen molar-refractivity contribution in [1.29, 1.82) is 0 Å². The summed E-state index contributed by atoms with van der Waals surface area (Å²) in [6.45, 7) is 10.9. The number of carbonyl (C=O) groups is 2. The van der Waals surface area contributed by atoms with Gasteiger partial charge in [0.1, 0.15) is 0 Å². The number of esters is 2. The SMILES string of the molecule is CCC(=O)OC(C)(C)C(=O)OCC(C)(C)C. The Morgan fingerprint density at radius 3 is 1.94 bits per heavy atom. The van der Waals surface area contributed by atoms with E-state index in [0.29, 0.717) is 6.61 Å². The molecule has 0 aromatic heterocycles. The van der Waals surface area contributed by atoms with Gasteiger partial charge in [0.25, 0.3) is 0 Å². The molecule has 0 aliphatic rings.